The van der Waals surface area contributed by atoms with E-state index in [4.69, 9.17) is 5.73 Å². The Balaban J connectivity index is 2.08. The Morgan fingerprint density at radius 2 is 1.85 bits per heavy atom. The van der Waals surface area contributed by atoms with Crippen molar-refractivity contribution < 1.29 is 0 Å². The maximum absolute atomic E-state index is 6.27. The maximum atomic E-state index is 6.27. The number of fused-ring (bicyclic) bond motifs is 3. The van der Waals surface area contributed by atoms with Gasteiger partial charge in [0.05, 0.1) is 0 Å². The molecule has 2 N–H and O–H groups in total. The molecule has 0 aliphatic heterocycles. The Morgan fingerprint density at radius 3 is 2.70 bits per heavy atom. The first-order chi connectivity index (χ1) is 9.84. The molecule has 0 atom stereocenters. The molecule has 1 aliphatic carbocycles. The van der Waals surface area contributed by atoms with Crippen molar-refractivity contribution in [2.45, 2.75) is 12.8 Å². The van der Waals surface area contributed by atoms with Gasteiger partial charge in [-0.3, -0.25) is 0 Å². The van der Waals surface area contributed by atoms with Gasteiger partial charge < -0.3 is 5.73 Å². The first-order valence-electron chi connectivity index (χ1n) is 6.90. The van der Waals surface area contributed by atoms with Crippen LogP contribution in [0.25, 0.3) is 27.3 Å². The number of anilines is 1. The van der Waals surface area contributed by atoms with E-state index in [2.05, 4.69) is 42.5 Å². The number of hydrogen-bond donors (Lipinski definition) is 1. The molecule has 2 aromatic carbocycles. The predicted molar refractivity (Wildman–Crippen MR) is 89.0 cm³/mol. The number of allylic oxidation sites excluding steroid dienone is 1. The average Bonchev–Trinajstić information content (AvgIpc) is 2.86. The molecule has 98 valence electrons. The number of hydrogen-bond acceptors (Lipinski definition) is 2. The average molecular weight is 277 g/mol. The summed E-state index contributed by atoms with van der Waals surface area (Å²) in [5.41, 5.74) is 10.9. The lowest BCUT2D eigenvalue weighted by atomic mass is 9.98. The number of benzene rings is 2. The van der Waals surface area contributed by atoms with Gasteiger partial charge in [-0.15, -0.1) is 11.3 Å². The second-order valence-electron chi connectivity index (χ2n) is 5.15. The first-order valence-corrected chi connectivity index (χ1v) is 7.72. The predicted octanol–water partition coefficient (Wildman–Crippen LogP) is 5.11. The molecule has 0 spiro atoms. The summed E-state index contributed by atoms with van der Waals surface area (Å²) in [6.07, 6.45) is 6.84. The highest BCUT2D eigenvalue weighted by atomic mass is 32.1. The van der Waals surface area contributed by atoms with Crippen molar-refractivity contribution in [2.75, 3.05) is 5.73 Å². The van der Waals surface area contributed by atoms with Crippen molar-refractivity contribution in [3.05, 3.63) is 59.0 Å². The van der Waals surface area contributed by atoms with E-state index in [0.717, 1.165) is 18.5 Å². The molecule has 2 heteroatoms. The Morgan fingerprint density at radius 1 is 1.00 bits per heavy atom. The molecule has 1 aromatic heterocycles. The van der Waals surface area contributed by atoms with Gasteiger partial charge in [0.2, 0.25) is 0 Å². The van der Waals surface area contributed by atoms with Gasteiger partial charge >= 0.3 is 0 Å². The van der Waals surface area contributed by atoms with E-state index >= 15 is 0 Å². The lowest BCUT2D eigenvalue weighted by Gasteiger charge is -2.08. The fraction of sp³-hybridized carbons (Fsp3) is 0.111. The van der Waals surface area contributed by atoms with E-state index in [1.54, 1.807) is 0 Å². The van der Waals surface area contributed by atoms with Crippen LogP contribution < -0.4 is 5.73 Å². The molecule has 0 unspecified atom stereocenters. The van der Waals surface area contributed by atoms with Crippen LogP contribution >= 0.6 is 11.3 Å². The summed E-state index contributed by atoms with van der Waals surface area (Å²) in [4.78, 5) is 1.49. The third-order valence-electron chi connectivity index (χ3n) is 3.89. The Bertz CT molecular complexity index is 812. The summed E-state index contributed by atoms with van der Waals surface area (Å²) in [7, 11) is 0. The number of aryl methyl sites for hydroxylation is 1. The van der Waals surface area contributed by atoms with Gasteiger partial charge in [0, 0.05) is 26.2 Å². The van der Waals surface area contributed by atoms with Crippen molar-refractivity contribution in [1.29, 1.82) is 0 Å². The van der Waals surface area contributed by atoms with Crippen molar-refractivity contribution in [3.8, 4) is 11.1 Å². The molecule has 3 aromatic rings. The smallest absolute Gasteiger partial charge is 0.0451 e. The van der Waals surface area contributed by atoms with E-state index in [1.165, 1.54) is 31.7 Å². The Labute approximate surface area is 122 Å². The zero-order chi connectivity index (χ0) is 13.5. The molecule has 0 saturated heterocycles. The summed E-state index contributed by atoms with van der Waals surface area (Å²) < 4.78 is 1.33. The monoisotopic (exact) mass is 277 g/mol. The van der Waals surface area contributed by atoms with Crippen molar-refractivity contribution >= 4 is 33.2 Å². The van der Waals surface area contributed by atoms with Crippen LogP contribution in [0.1, 0.15) is 16.9 Å². The number of thiophene rings is 1. The van der Waals surface area contributed by atoms with E-state index in [1.807, 2.05) is 23.5 Å². The highest BCUT2D eigenvalue weighted by molar-refractivity contribution is 7.20. The molecule has 4 rings (SSSR count). The molecular formula is C18H15NS. The van der Waals surface area contributed by atoms with Crippen LogP contribution in [-0.2, 0) is 6.42 Å². The Hall–Kier alpha value is -2.06. The van der Waals surface area contributed by atoms with Gasteiger partial charge in [-0.25, -0.2) is 0 Å². The minimum Gasteiger partial charge on any atom is -0.398 e. The zero-order valence-electron chi connectivity index (χ0n) is 11.1. The number of nitrogen functional groups attached to an aromatic ring is 1. The third kappa shape index (κ3) is 1.69. The third-order valence-corrected chi connectivity index (χ3v) is 5.19. The second-order valence-corrected chi connectivity index (χ2v) is 6.26. The van der Waals surface area contributed by atoms with Gasteiger partial charge in [-0.05, 0) is 30.0 Å². The number of nitrogens with two attached hydrogens (primary N) is 1. The molecule has 1 heterocycles. The molecule has 0 radical (unpaired) electrons. The van der Waals surface area contributed by atoms with Gasteiger partial charge in [0.15, 0.2) is 0 Å². The van der Waals surface area contributed by atoms with Gasteiger partial charge in [-0.2, -0.15) is 0 Å². The molecule has 1 nitrogen and oxygen atoms in total. The van der Waals surface area contributed by atoms with Crippen LogP contribution in [0.2, 0.25) is 0 Å². The summed E-state index contributed by atoms with van der Waals surface area (Å²) >= 11 is 1.90. The lowest BCUT2D eigenvalue weighted by Crippen LogP contribution is -1.90. The van der Waals surface area contributed by atoms with Crippen molar-refractivity contribution in [3.63, 3.8) is 0 Å². The van der Waals surface area contributed by atoms with Crippen LogP contribution in [0, 0.1) is 0 Å². The quantitative estimate of drug-likeness (QED) is 0.614. The minimum atomic E-state index is 0.867. The largest absolute Gasteiger partial charge is 0.398 e. The van der Waals surface area contributed by atoms with Crippen LogP contribution in [0.3, 0.4) is 0 Å². The van der Waals surface area contributed by atoms with Crippen LogP contribution in [0.15, 0.2) is 48.5 Å². The highest BCUT2D eigenvalue weighted by Crippen LogP contribution is 2.43. The summed E-state index contributed by atoms with van der Waals surface area (Å²) in [6.45, 7) is 0. The molecular weight excluding hydrogens is 262 g/mol. The highest BCUT2D eigenvalue weighted by Gasteiger charge is 2.17. The van der Waals surface area contributed by atoms with E-state index < -0.39 is 0 Å². The number of rotatable bonds is 1. The zero-order valence-corrected chi connectivity index (χ0v) is 11.9. The molecule has 20 heavy (non-hydrogen) atoms. The normalized spacial score (nSPS) is 13.6. The van der Waals surface area contributed by atoms with Crippen molar-refractivity contribution in [1.82, 2.24) is 0 Å². The summed E-state index contributed by atoms with van der Waals surface area (Å²) in [6, 6.07) is 14.7. The second kappa shape index (κ2) is 4.50. The van der Waals surface area contributed by atoms with Gasteiger partial charge in [0.25, 0.3) is 0 Å². The van der Waals surface area contributed by atoms with Gasteiger partial charge in [0.1, 0.15) is 0 Å². The van der Waals surface area contributed by atoms with Crippen LogP contribution in [0.4, 0.5) is 5.69 Å². The molecule has 0 saturated carbocycles. The van der Waals surface area contributed by atoms with E-state index in [9.17, 15) is 0 Å². The van der Waals surface area contributed by atoms with Gasteiger partial charge in [-0.1, -0.05) is 48.6 Å². The molecule has 1 aliphatic rings. The molecule has 0 amide bonds. The van der Waals surface area contributed by atoms with E-state index in [-0.39, 0.29) is 0 Å². The molecule has 0 fully saturated rings. The van der Waals surface area contributed by atoms with Crippen LogP contribution in [0.5, 0.6) is 0 Å². The SMILES string of the molecule is Nc1ccc2c3c(sc2c1-c1ccccc1)CCC=C3. The van der Waals surface area contributed by atoms with Crippen molar-refractivity contribution in [2.24, 2.45) is 0 Å². The Kier molecular flexibility index (Phi) is 2.64. The maximum Gasteiger partial charge on any atom is 0.0451 e. The molecule has 0 bridgehead atoms. The summed E-state index contributed by atoms with van der Waals surface area (Å²) in [5.74, 6) is 0. The summed E-state index contributed by atoms with van der Waals surface area (Å²) in [5, 5.41) is 1.34. The minimum absolute atomic E-state index is 0.867. The lowest BCUT2D eigenvalue weighted by molar-refractivity contribution is 1.02. The van der Waals surface area contributed by atoms with Crippen LogP contribution in [-0.4, -0.2) is 0 Å². The van der Waals surface area contributed by atoms with E-state index in [0.29, 0.717) is 0 Å². The fourth-order valence-corrected chi connectivity index (χ4v) is 4.31. The fourth-order valence-electron chi connectivity index (χ4n) is 2.93. The first kappa shape index (κ1) is 11.7. The standard InChI is InChI=1S/C18H15NS/c19-15-11-10-14-13-8-4-5-9-16(13)20-18(14)17(15)12-6-2-1-3-7-12/h1-4,6-8,10-11H,5,9,19H2. The topological polar surface area (TPSA) is 26.0 Å².